The van der Waals surface area contributed by atoms with E-state index in [9.17, 15) is 17.6 Å². The van der Waals surface area contributed by atoms with Crippen LogP contribution in [-0.4, -0.2) is 38.1 Å². The van der Waals surface area contributed by atoms with Crippen LogP contribution < -0.4 is 5.32 Å². The van der Waals surface area contributed by atoms with Crippen molar-refractivity contribution in [2.45, 2.75) is 45.6 Å². The third kappa shape index (κ3) is 6.21. The van der Waals surface area contributed by atoms with E-state index >= 15 is 0 Å². The molecule has 0 rings (SSSR count). The van der Waals surface area contributed by atoms with Crippen molar-refractivity contribution in [2.24, 2.45) is 5.92 Å². The van der Waals surface area contributed by atoms with Crippen molar-refractivity contribution < 1.29 is 22.3 Å². The van der Waals surface area contributed by atoms with E-state index in [0.717, 1.165) is 6.42 Å². The highest BCUT2D eigenvalue weighted by Crippen LogP contribution is 2.23. The molecule has 0 aliphatic heterocycles. The first kappa shape index (κ1) is 16.6. The maximum Gasteiger partial charge on any atom is 0.330 e. The second-order valence-electron chi connectivity index (χ2n) is 4.13. The molecule has 0 aliphatic carbocycles. The number of rotatable bonds is 9. The van der Waals surface area contributed by atoms with Crippen LogP contribution in [0.4, 0.5) is 17.6 Å². The van der Waals surface area contributed by atoms with Gasteiger partial charge in [-0.15, -0.1) is 0 Å². The minimum Gasteiger partial charge on any atom is -0.373 e. The lowest BCUT2D eigenvalue weighted by Crippen LogP contribution is -2.41. The highest BCUT2D eigenvalue weighted by atomic mass is 19.3. The molecule has 0 aromatic carbocycles. The second kappa shape index (κ2) is 7.87. The molecule has 0 aromatic rings. The lowest BCUT2D eigenvalue weighted by Gasteiger charge is -2.24. The van der Waals surface area contributed by atoms with Crippen LogP contribution >= 0.6 is 0 Å². The summed E-state index contributed by atoms with van der Waals surface area (Å²) in [7, 11) is 0. The molecule has 1 N–H and O–H groups in total. The lowest BCUT2D eigenvalue weighted by atomic mass is 10.00. The monoisotopic (exact) mass is 259 g/mol. The maximum absolute atomic E-state index is 12.6. The highest BCUT2D eigenvalue weighted by Gasteiger charge is 2.41. The zero-order valence-corrected chi connectivity index (χ0v) is 10.5. The molecule has 0 amide bonds. The summed E-state index contributed by atoms with van der Waals surface area (Å²) in [4.78, 5) is 0. The van der Waals surface area contributed by atoms with Gasteiger partial charge < -0.3 is 10.1 Å². The Kier molecular flexibility index (Phi) is 7.70. The molecule has 0 bridgehead atoms. The lowest BCUT2D eigenvalue weighted by molar-refractivity contribution is -0.167. The Labute approximate surface area is 99.7 Å². The Hall–Kier alpha value is -0.360. The fourth-order valence-electron chi connectivity index (χ4n) is 1.36. The van der Waals surface area contributed by atoms with Gasteiger partial charge in [0.1, 0.15) is 6.61 Å². The largest absolute Gasteiger partial charge is 0.373 e. The molecule has 0 aliphatic rings. The number of likely N-dealkylation sites (N-methyl/N-ethyl adjacent to an activating group) is 1. The summed E-state index contributed by atoms with van der Waals surface area (Å²) in [6.07, 6.45) is -2.81. The van der Waals surface area contributed by atoms with Crippen LogP contribution in [0.1, 0.15) is 27.2 Å². The fourth-order valence-corrected chi connectivity index (χ4v) is 1.36. The topological polar surface area (TPSA) is 21.3 Å². The van der Waals surface area contributed by atoms with Crippen LogP contribution in [0.5, 0.6) is 0 Å². The number of hydrogen-bond donors (Lipinski definition) is 1. The SMILES string of the molecule is CCNC(COCC(F)(F)C(F)F)C(C)CC. The molecule has 0 spiro atoms. The molecule has 0 aromatic heterocycles. The van der Waals surface area contributed by atoms with Gasteiger partial charge >= 0.3 is 12.3 Å². The number of hydrogen-bond acceptors (Lipinski definition) is 2. The second-order valence-corrected chi connectivity index (χ2v) is 4.13. The van der Waals surface area contributed by atoms with Gasteiger partial charge in [0.15, 0.2) is 0 Å². The van der Waals surface area contributed by atoms with Crippen molar-refractivity contribution in [1.29, 1.82) is 0 Å². The van der Waals surface area contributed by atoms with Gasteiger partial charge in [0.05, 0.1) is 6.61 Å². The van der Waals surface area contributed by atoms with Crippen molar-refractivity contribution in [2.75, 3.05) is 19.8 Å². The van der Waals surface area contributed by atoms with E-state index in [2.05, 4.69) is 5.32 Å². The molecule has 0 radical (unpaired) electrons. The van der Waals surface area contributed by atoms with Crippen LogP contribution in [0.3, 0.4) is 0 Å². The van der Waals surface area contributed by atoms with Gasteiger partial charge in [-0.25, -0.2) is 8.78 Å². The minimum atomic E-state index is -4.06. The molecular weight excluding hydrogens is 238 g/mol. The number of halogens is 4. The molecule has 0 saturated heterocycles. The van der Waals surface area contributed by atoms with Gasteiger partial charge in [0.25, 0.3) is 0 Å². The van der Waals surface area contributed by atoms with E-state index in [-0.39, 0.29) is 18.6 Å². The van der Waals surface area contributed by atoms with E-state index in [1.54, 1.807) is 0 Å². The first-order valence-electron chi connectivity index (χ1n) is 5.82. The average molecular weight is 259 g/mol. The van der Waals surface area contributed by atoms with E-state index in [1.807, 2.05) is 20.8 Å². The molecule has 0 heterocycles. The van der Waals surface area contributed by atoms with E-state index < -0.39 is 19.0 Å². The molecule has 6 heteroatoms. The first-order chi connectivity index (χ1) is 7.85. The summed E-state index contributed by atoms with van der Waals surface area (Å²) < 4.78 is 53.6. The van der Waals surface area contributed by atoms with E-state index in [1.165, 1.54) is 0 Å². The Bertz CT molecular complexity index is 202. The van der Waals surface area contributed by atoms with Crippen molar-refractivity contribution in [3.05, 3.63) is 0 Å². The average Bonchev–Trinajstić information content (AvgIpc) is 2.26. The number of ether oxygens (including phenoxy) is 1. The van der Waals surface area contributed by atoms with Crippen molar-refractivity contribution in [1.82, 2.24) is 5.32 Å². The Balaban J connectivity index is 4.05. The Morgan fingerprint density at radius 1 is 1.24 bits per heavy atom. The summed E-state index contributed by atoms with van der Waals surface area (Å²) in [5.41, 5.74) is 0. The van der Waals surface area contributed by atoms with Crippen LogP contribution in [0.2, 0.25) is 0 Å². The summed E-state index contributed by atoms with van der Waals surface area (Å²) in [6, 6.07) is -0.0847. The number of alkyl halides is 4. The summed E-state index contributed by atoms with van der Waals surface area (Å²) in [5, 5.41) is 3.09. The van der Waals surface area contributed by atoms with Crippen LogP contribution in [-0.2, 0) is 4.74 Å². The molecule has 2 unspecified atom stereocenters. The van der Waals surface area contributed by atoms with Gasteiger partial charge in [0.2, 0.25) is 0 Å². The molecule has 2 atom stereocenters. The third-order valence-corrected chi connectivity index (χ3v) is 2.71. The zero-order chi connectivity index (χ0) is 13.5. The molecule has 0 fully saturated rings. The third-order valence-electron chi connectivity index (χ3n) is 2.71. The maximum atomic E-state index is 12.6. The predicted molar refractivity (Wildman–Crippen MR) is 58.7 cm³/mol. The van der Waals surface area contributed by atoms with Gasteiger partial charge in [-0.1, -0.05) is 27.2 Å². The van der Waals surface area contributed by atoms with E-state index in [4.69, 9.17) is 4.74 Å². The van der Waals surface area contributed by atoms with Gasteiger partial charge in [0, 0.05) is 6.04 Å². The molecule has 17 heavy (non-hydrogen) atoms. The molecular formula is C11H21F4NO. The van der Waals surface area contributed by atoms with Crippen molar-refractivity contribution in [3.8, 4) is 0 Å². The number of nitrogens with one attached hydrogen (secondary N) is 1. The smallest absolute Gasteiger partial charge is 0.330 e. The summed E-state index contributed by atoms with van der Waals surface area (Å²) in [5.74, 6) is -3.82. The Morgan fingerprint density at radius 2 is 1.82 bits per heavy atom. The summed E-state index contributed by atoms with van der Waals surface area (Å²) >= 11 is 0. The predicted octanol–water partition coefficient (Wildman–Crippen LogP) is 2.93. The highest BCUT2D eigenvalue weighted by molar-refractivity contribution is 4.73. The summed E-state index contributed by atoms with van der Waals surface area (Å²) in [6.45, 7) is 5.30. The molecule has 0 saturated carbocycles. The first-order valence-corrected chi connectivity index (χ1v) is 5.82. The normalized spacial score (nSPS) is 16.2. The standard InChI is InChI=1S/C11H21F4NO/c1-4-8(3)9(16-5-2)6-17-7-11(14,15)10(12)13/h8-10,16H,4-7H2,1-3H3. The van der Waals surface area contributed by atoms with Gasteiger partial charge in [-0.3, -0.25) is 0 Å². The Morgan fingerprint density at radius 3 is 2.24 bits per heavy atom. The fraction of sp³-hybridized carbons (Fsp3) is 1.00. The van der Waals surface area contributed by atoms with Gasteiger partial charge in [-0.2, -0.15) is 8.78 Å². The van der Waals surface area contributed by atoms with Crippen molar-refractivity contribution in [3.63, 3.8) is 0 Å². The van der Waals surface area contributed by atoms with Crippen LogP contribution in [0.25, 0.3) is 0 Å². The van der Waals surface area contributed by atoms with Gasteiger partial charge in [-0.05, 0) is 12.5 Å². The van der Waals surface area contributed by atoms with Crippen LogP contribution in [0, 0.1) is 5.92 Å². The zero-order valence-electron chi connectivity index (χ0n) is 10.5. The van der Waals surface area contributed by atoms with E-state index in [0.29, 0.717) is 6.54 Å². The van der Waals surface area contributed by atoms with Crippen molar-refractivity contribution >= 4 is 0 Å². The van der Waals surface area contributed by atoms with Crippen LogP contribution in [0.15, 0.2) is 0 Å². The quantitative estimate of drug-likeness (QED) is 0.643. The molecule has 104 valence electrons. The minimum absolute atomic E-state index is 0.0190. The molecule has 2 nitrogen and oxygen atoms in total.